The van der Waals surface area contributed by atoms with Gasteiger partial charge in [-0.3, -0.25) is 4.98 Å². The number of pyridine rings is 1. The molecule has 1 aromatic carbocycles. The van der Waals surface area contributed by atoms with E-state index in [4.69, 9.17) is 4.74 Å². The van der Waals surface area contributed by atoms with Crippen LogP contribution in [0.1, 0.15) is 30.3 Å². The molecule has 4 nitrogen and oxygen atoms in total. The Labute approximate surface area is 147 Å². The number of hydrogen-bond acceptors (Lipinski definition) is 5. The summed E-state index contributed by atoms with van der Waals surface area (Å²) in [6.45, 7) is 2.04. The van der Waals surface area contributed by atoms with E-state index < -0.39 is 5.60 Å². The number of methoxy groups -OCH3 is 1. The lowest BCUT2D eigenvalue weighted by Crippen LogP contribution is -2.27. The maximum atomic E-state index is 11.5. The van der Waals surface area contributed by atoms with Crippen LogP contribution in [0.15, 0.2) is 41.1 Å². The van der Waals surface area contributed by atoms with Crippen molar-refractivity contribution in [2.45, 2.75) is 25.4 Å². The molecule has 0 amide bonds. The first kappa shape index (κ1) is 16.4. The van der Waals surface area contributed by atoms with Gasteiger partial charge in [0.25, 0.3) is 0 Å². The number of hydrogen-bond donors (Lipinski definition) is 1. The molecule has 3 rings (SSSR count). The van der Waals surface area contributed by atoms with Crippen LogP contribution in [0.3, 0.4) is 0 Å². The Morgan fingerprint density at radius 1 is 1.35 bits per heavy atom. The molecule has 6 heteroatoms. The molecular weight excluding hydrogens is 376 g/mol. The van der Waals surface area contributed by atoms with E-state index in [0.717, 1.165) is 21.1 Å². The topological polar surface area (TPSA) is 55.2 Å². The van der Waals surface area contributed by atoms with Gasteiger partial charge in [-0.2, -0.15) is 0 Å². The molecule has 2 heterocycles. The number of aromatic nitrogens is 2. The summed E-state index contributed by atoms with van der Waals surface area (Å²) in [6, 6.07) is 7.64. The first-order valence-electron chi connectivity index (χ1n) is 7.36. The van der Waals surface area contributed by atoms with Crippen molar-refractivity contribution in [2.24, 2.45) is 0 Å². The maximum absolute atomic E-state index is 11.5. The molecule has 23 heavy (non-hydrogen) atoms. The smallest absolute Gasteiger partial charge is 0.146 e. The predicted octanol–water partition coefficient (Wildman–Crippen LogP) is 4.50. The van der Waals surface area contributed by atoms with Gasteiger partial charge in [0.2, 0.25) is 0 Å². The van der Waals surface area contributed by atoms with Crippen LogP contribution in [0.25, 0.3) is 10.2 Å². The fourth-order valence-electron chi connectivity index (χ4n) is 2.68. The Morgan fingerprint density at radius 2 is 2.17 bits per heavy atom. The van der Waals surface area contributed by atoms with E-state index in [1.807, 2.05) is 25.1 Å². The van der Waals surface area contributed by atoms with E-state index in [0.29, 0.717) is 22.7 Å². The van der Waals surface area contributed by atoms with Crippen LogP contribution in [-0.2, 0) is 5.60 Å². The van der Waals surface area contributed by atoms with Crippen molar-refractivity contribution in [3.8, 4) is 5.75 Å². The SMILES string of the molecule is CCCC(O)(c1nc2cccc(Br)c2s1)c1cnccc1OC. The molecule has 0 aliphatic heterocycles. The number of ether oxygens (including phenoxy) is 1. The van der Waals surface area contributed by atoms with Gasteiger partial charge in [0, 0.05) is 16.9 Å². The lowest BCUT2D eigenvalue weighted by molar-refractivity contribution is 0.0669. The summed E-state index contributed by atoms with van der Waals surface area (Å²) < 4.78 is 7.43. The largest absolute Gasteiger partial charge is 0.496 e. The minimum atomic E-state index is -1.21. The Balaban J connectivity index is 2.21. The molecule has 0 fully saturated rings. The fourth-order valence-corrected chi connectivity index (χ4v) is 4.38. The number of rotatable bonds is 5. The summed E-state index contributed by atoms with van der Waals surface area (Å²) in [4.78, 5) is 8.84. The number of aliphatic hydroxyl groups is 1. The minimum absolute atomic E-state index is 0.548. The molecule has 1 N–H and O–H groups in total. The number of nitrogens with zero attached hydrogens (tertiary/aromatic N) is 2. The summed E-state index contributed by atoms with van der Waals surface area (Å²) in [5.74, 6) is 0.620. The molecule has 0 radical (unpaired) electrons. The van der Waals surface area contributed by atoms with Crippen LogP contribution in [-0.4, -0.2) is 22.2 Å². The summed E-state index contributed by atoms with van der Waals surface area (Å²) in [7, 11) is 1.60. The molecule has 1 atom stereocenters. The Kier molecular flexibility index (Phi) is 4.66. The number of halogens is 1. The van der Waals surface area contributed by atoms with Crippen LogP contribution in [0.5, 0.6) is 5.75 Å². The van der Waals surface area contributed by atoms with Gasteiger partial charge in [-0.15, -0.1) is 11.3 Å². The molecule has 120 valence electrons. The number of benzene rings is 1. The molecular formula is C17H17BrN2O2S. The zero-order valence-corrected chi connectivity index (χ0v) is 15.3. The van der Waals surface area contributed by atoms with Crippen molar-refractivity contribution in [1.29, 1.82) is 0 Å². The van der Waals surface area contributed by atoms with Crippen molar-refractivity contribution in [2.75, 3.05) is 7.11 Å². The zero-order chi connectivity index (χ0) is 16.4. The van der Waals surface area contributed by atoms with Gasteiger partial charge in [0.1, 0.15) is 16.4 Å². The van der Waals surface area contributed by atoms with Gasteiger partial charge >= 0.3 is 0 Å². The molecule has 0 aliphatic carbocycles. The summed E-state index contributed by atoms with van der Waals surface area (Å²) in [5.41, 5.74) is 0.314. The van der Waals surface area contributed by atoms with Crippen molar-refractivity contribution in [3.63, 3.8) is 0 Å². The van der Waals surface area contributed by atoms with Crippen molar-refractivity contribution >= 4 is 37.5 Å². The Bertz CT molecular complexity index is 836. The number of thiazole rings is 1. The highest BCUT2D eigenvalue weighted by Gasteiger charge is 2.37. The first-order valence-corrected chi connectivity index (χ1v) is 8.97. The van der Waals surface area contributed by atoms with E-state index in [2.05, 4.69) is 25.9 Å². The van der Waals surface area contributed by atoms with E-state index in [1.54, 1.807) is 25.6 Å². The third-order valence-corrected chi connectivity index (χ3v) is 5.96. The second kappa shape index (κ2) is 6.55. The third-order valence-electron chi connectivity index (χ3n) is 3.78. The van der Waals surface area contributed by atoms with Crippen molar-refractivity contribution < 1.29 is 9.84 Å². The second-order valence-corrected chi connectivity index (χ2v) is 7.15. The molecule has 0 aliphatic rings. The fraction of sp³-hybridized carbons (Fsp3) is 0.294. The van der Waals surface area contributed by atoms with Gasteiger partial charge in [-0.25, -0.2) is 4.98 Å². The van der Waals surface area contributed by atoms with E-state index in [1.165, 1.54) is 11.3 Å². The monoisotopic (exact) mass is 392 g/mol. The minimum Gasteiger partial charge on any atom is -0.496 e. The summed E-state index contributed by atoms with van der Waals surface area (Å²) >= 11 is 5.05. The lowest BCUT2D eigenvalue weighted by Gasteiger charge is -2.27. The van der Waals surface area contributed by atoms with Crippen LogP contribution in [0.4, 0.5) is 0 Å². The average Bonchev–Trinajstić information content (AvgIpc) is 3.01. The maximum Gasteiger partial charge on any atom is 0.146 e. The van der Waals surface area contributed by atoms with Gasteiger partial charge in [0.15, 0.2) is 0 Å². The Morgan fingerprint density at radius 3 is 2.87 bits per heavy atom. The highest BCUT2D eigenvalue weighted by atomic mass is 79.9. The quantitative estimate of drug-likeness (QED) is 0.694. The summed E-state index contributed by atoms with van der Waals surface area (Å²) in [6.07, 6.45) is 4.68. The molecule has 0 saturated carbocycles. The van der Waals surface area contributed by atoms with Gasteiger partial charge in [0.05, 0.1) is 22.9 Å². The van der Waals surface area contributed by atoms with Gasteiger partial charge in [-0.05, 0) is 40.5 Å². The van der Waals surface area contributed by atoms with E-state index in [9.17, 15) is 5.11 Å². The normalized spacial score (nSPS) is 13.9. The molecule has 0 spiro atoms. The lowest BCUT2D eigenvalue weighted by atomic mass is 9.90. The second-order valence-electron chi connectivity index (χ2n) is 5.29. The average molecular weight is 393 g/mol. The van der Waals surface area contributed by atoms with Crippen LogP contribution >= 0.6 is 27.3 Å². The highest BCUT2D eigenvalue weighted by Crippen LogP contribution is 2.42. The number of fused-ring (bicyclic) bond motifs is 1. The predicted molar refractivity (Wildman–Crippen MR) is 96.0 cm³/mol. The van der Waals surface area contributed by atoms with Gasteiger partial charge < -0.3 is 9.84 Å². The van der Waals surface area contributed by atoms with Crippen LogP contribution in [0.2, 0.25) is 0 Å². The van der Waals surface area contributed by atoms with E-state index in [-0.39, 0.29) is 0 Å². The van der Waals surface area contributed by atoms with Crippen molar-refractivity contribution in [1.82, 2.24) is 9.97 Å². The van der Waals surface area contributed by atoms with Crippen LogP contribution < -0.4 is 4.74 Å². The molecule has 1 unspecified atom stereocenters. The first-order chi connectivity index (χ1) is 11.1. The highest BCUT2D eigenvalue weighted by molar-refractivity contribution is 9.10. The third kappa shape index (κ3) is 2.86. The molecule has 3 aromatic rings. The molecule has 0 saturated heterocycles. The van der Waals surface area contributed by atoms with E-state index >= 15 is 0 Å². The van der Waals surface area contributed by atoms with Crippen molar-refractivity contribution in [3.05, 3.63) is 51.7 Å². The molecule has 2 aromatic heterocycles. The zero-order valence-electron chi connectivity index (χ0n) is 12.9. The standard InChI is InChI=1S/C17H17BrN2O2S/c1-3-8-17(21,11-10-19-9-7-14(11)22-2)16-20-13-6-4-5-12(18)15(13)23-16/h4-7,9-10,21H,3,8H2,1-2H3. The van der Waals surface area contributed by atoms with Gasteiger partial charge in [-0.1, -0.05) is 19.4 Å². The Hall–Kier alpha value is -1.50. The summed E-state index contributed by atoms with van der Waals surface area (Å²) in [5, 5.41) is 12.1. The van der Waals surface area contributed by atoms with Crippen LogP contribution in [0, 0.1) is 0 Å². The molecule has 0 bridgehead atoms.